The third-order valence-electron chi connectivity index (χ3n) is 5.92. The van der Waals surface area contributed by atoms with Crippen molar-refractivity contribution in [2.24, 2.45) is 0 Å². The van der Waals surface area contributed by atoms with Gasteiger partial charge in [-0.15, -0.1) is 0 Å². The molecule has 0 aromatic carbocycles. The lowest BCUT2D eigenvalue weighted by Gasteiger charge is -2.27. The van der Waals surface area contributed by atoms with Crippen molar-refractivity contribution in [2.45, 2.75) is 75.9 Å². The molecule has 0 saturated heterocycles. The van der Waals surface area contributed by atoms with Crippen molar-refractivity contribution < 1.29 is 0 Å². The molecule has 0 aliphatic heterocycles. The van der Waals surface area contributed by atoms with Crippen LogP contribution in [0.3, 0.4) is 0 Å². The summed E-state index contributed by atoms with van der Waals surface area (Å²) < 4.78 is 3.96. The molecule has 3 atom stereocenters. The second kappa shape index (κ2) is 7.71. The van der Waals surface area contributed by atoms with E-state index in [1.54, 1.807) is 0 Å². The van der Waals surface area contributed by atoms with Crippen LogP contribution in [0.5, 0.6) is 0 Å². The van der Waals surface area contributed by atoms with Crippen molar-refractivity contribution in [1.29, 1.82) is 0 Å². The summed E-state index contributed by atoms with van der Waals surface area (Å²) >= 11 is 0. The van der Waals surface area contributed by atoms with E-state index in [1.807, 2.05) is 36.5 Å². The van der Waals surface area contributed by atoms with Crippen molar-refractivity contribution in [3.8, 4) is 0 Å². The van der Waals surface area contributed by atoms with Crippen molar-refractivity contribution >= 4 is 0 Å². The Morgan fingerprint density at radius 1 is 0.556 bits per heavy atom. The SMILES string of the molecule is O=c1n(C2C=CCCC2)c(=O)n(C2C=CCCC2)c(=O)n1C1C=CCCC1. The van der Waals surface area contributed by atoms with Crippen LogP contribution >= 0.6 is 0 Å². The van der Waals surface area contributed by atoms with Gasteiger partial charge in [-0.05, 0) is 57.8 Å². The molecule has 3 unspecified atom stereocenters. The maximum atomic E-state index is 13.3. The van der Waals surface area contributed by atoms with Gasteiger partial charge in [-0.3, -0.25) is 0 Å². The summed E-state index contributed by atoms with van der Waals surface area (Å²) in [5.74, 6) is 0. The fourth-order valence-electron chi connectivity index (χ4n) is 4.47. The number of nitrogens with zero attached hydrogens (tertiary/aromatic N) is 3. The summed E-state index contributed by atoms with van der Waals surface area (Å²) in [4.78, 5) is 39.8. The van der Waals surface area contributed by atoms with E-state index in [4.69, 9.17) is 0 Å². The van der Waals surface area contributed by atoms with E-state index in [2.05, 4.69) is 0 Å². The van der Waals surface area contributed by atoms with E-state index >= 15 is 0 Å². The topological polar surface area (TPSA) is 66.0 Å². The van der Waals surface area contributed by atoms with Crippen molar-refractivity contribution in [3.63, 3.8) is 0 Å². The van der Waals surface area contributed by atoms with Crippen LogP contribution in [0.2, 0.25) is 0 Å². The Kier molecular flexibility index (Phi) is 5.14. The Morgan fingerprint density at radius 3 is 1.07 bits per heavy atom. The zero-order valence-corrected chi connectivity index (χ0v) is 15.6. The van der Waals surface area contributed by atoms with E-state index in [9.17, 15) is 14.4 Å². The first-order chi connectivity index (χ1) is 13.2. The predicted molar refractivity (Wildman–Crippen MR) is 105 cm³/mol. The van der Waals surface area contributed by atoms with E-state index in [0.29, 0.717) is 0 Å². The minimum absolute atomic E-state index is 0.267. The van der Waals surface area contributed by atoms with Gasteiger partial charge in [0.2, 0.25) is 0 Å². The maximum absolute atomic E-state index is 13.3. The number of hydrogen-bond acceptors (Lipinski definition) is 3. The molecule has 0 bridgehead atoms. The van der Waals surface area contributed by atoms with Crippen LogP contribution in [-0.4, -0.2) is 13.7 Å². The highest BCUT2D eigenvalue weighted by Crippen LogP contribution is 2.23. The molecule has 6 nitrogen and oxygen atoms in total. The van der Waals surface area contributed by atoms with Crippen LogP contribution in [0.1, 0.15) is 75.9 Å². The Bertz CT molecular complexity index is 806. The Balaban J connectivity index is 1.96. The molecule has 1 heterocycles. The lowest BCUT2D eigenvalue weighted by Crippen LogP contribution is -2.57. The smallest absolute Gasteiger partial charge is 0.247 e. The molecule has 1 aromatic heterocycles. The summed E-state index contributed by atoms with van der Waals surface area (Å²) in [6.07, 6.45) is 19.9. The molecule has 4 rings (SSSR count). The van der Waals surface area contributed by atoms with Gasteiger partial charge in [0, 0.05) is 0 Å². The van der Waals surface area contributed by atoms with E-state index < -0.39 is 17.1 Å². The first kappa shape index (κ1) is 18.0. The summed E-state index contributed by atoms with van der Waals surface area (Å²) in [6, 6.07) is -0.800. The van der Waals surface area contributed by atoms with Crippen LogP contribution in [0.25, 0.3) is 0 Å². The standard InChI is InChI=1S/C21H27N3O3/c25-19-22(16-10-4-1-5-11-16)20(26)24(18-14-8-3-9-15-18)21(27)23(19)17-12-6-2-7-13-17/h4,6,8,10,12,14,16-18H,1-3,5,7,9,11,13,15H2. The van der Waals surface area contributed by atoms with Gasteiger partial charge in [0.1, 0.15) is 0 Å². The highest BCUT2D eigenvalue weighted by atomic mass is 16.2. The molecule has 0 N–H and O–H groups in total. The number of allylic oxidation sites excluding steroid dienone is 6. The first-order valence-electron chi connectivity index (χ1n) is 10.2. The largest absolute Gasteiger partial charge is 0.337 e. The third-order valence-corrected chi connectivity index (χ3v) is 5.92. The Hall–Kier alpha value is -2.37. The predicted octanol–water partition coefficient (Wildman–Crippen LogP) is 3.02. The lowest BCUT2D eigenvalue weighted by atomic mass is 10.0. The van der Waals surface area contributed by atoms with Gasteiger partial charge in [-0.2, -0.15) is 0 Å². The molecule has 0 fully saturated rings. The van der Waals surface area contributed by atoms with Gasteiger partial charge < -0.3 is 0 Å². The fraction of sp³-hybridized carbons (Fsp3) is 0.571. The average Bonchev–Trinajstić information content (AvgIpc) is 2.70. The molecule has 0 saturated carbocycles. The molecule has 0 amide bonds. The summed E-state index contributed by atoms with van der Waals surface area (Å²) in [7, 11) is 0. The second-order valence-electron chi connectivity index (χ2n) is 7.74. The van der Waals surface area contributed by atoms with Crippen LogP contribution in [-0.2, 0) is 0 Å². The molecule has 3 aliphatic carbocycles. The average molecular weight is 369 g/mol. The van der Waals surface area contributed by atoms with Gasteiger partial charge in [-0.1, -0.05) is 36.5 Å². The van der Waals surface area contributed by atoms with Crippen molar-refractivity contribution in [2.75, 3.05) is 0 Å². The molecule has 27 heavy (non-hydrogen) atoms. The highest BCUT2D eigenvalue weighted by Gasteiger charge is 2.27. The van der Waals surface area contributed by atoms with Crippen LogP contribution < -0.4 is 17.1 Å². The van der Waals surface area contributed by atoms with Crippen LogP contribution in [0, 0.1) is 0 Å². The van der Waals surface area contributed by atoms with Crippen molar-refractivity contribution in [1.82, 2.24) is 13.7 Å². The molecule has 0 radical (unpaired) electrons. The molecular weight excluding hydrogens is 342 g/mol. The minimum atomic E-state index is -0.464. The molecule has 3 aliphatic rings. The zero-order chi connectivity index (χ0) is 18.8. The van der Waals surface area contributed by atoms with Crippen LogP contribution in [0.4, 0.5) is 0 Å². The van der Waals surface area contributed by atoms with E-state index in [-0.39, 0.29) is 18.1 Å². The molecule has 0 spiro atoms. The second-order valence-corrected chi connectivity index (χ2v) is 7.74. The summed E-state index contributed by atoms with van der Waals surface area (Å²) in [5, 5.41) is 0. The first-order valence-corrected chi connectivity index (χ1v) is 10.2. The number of aromatic nitrogens is 3. The third kappa shape index (κ3) is 3.33. The monoisotopic (exact) mass is 369 g/mol. The maximum Gasteiger partial charge on any atom is 0.337 e. The highest BCUT2D eigenvalue weighted by molar-refractivity contribution is 5.05. The Labute approximate surface area is 158 Å². The minimum Gasteiger partial charge on any atom is -0.247 e. The zero-order valence-electron chi connectivity index (χ0n) is 15.6. The van der Waals surface area contributed by atoms with Gasteiger partial charge in [0.05, 0.1) is 18.1 Å². The van der Waals surface area contributed by atoms with Gasteiger partial charge in [0.25, 0.3) is 0 Å². The molecule has 144 valence electrons. The Morgan fingerprint density at radius 2 is 0.852 bits per heavy atom. The van der Waals surface area contributed by atoms with Gasteiger partial charge >= 0.3 is 17.1 Å². The number of hydrogen-bond donors (Lipinski definition) is 0. The fourth-order valence-corrected chi connectivity index (χ4v) is 4.47. The van der Waals surface area contributed by atoms with E-state index in [0.717, 1.165) is 57.8 Å². The normalized spacial score (nSPS) is 27.8. The molecular formula is C21H27N3O3. The quantitative estimate of drug-likeness (QED) is 0.769. The molecule has 6 heteroatoms. The lowest BCUT2D eigenvalue weighted by molar-refractivity contribution is 0.352. The summed E-state index contributed by atoms with van der Waals surface area (Å²) in [5.41, 5.74) is -1.39. The molecule has 1 aromatic rings. The van der Waals surface area contributed by atoms with Gasteiger partial charge in [0.15, 0.2) is 0 Å². The van der Waals surface area contributed by atoms with Crippen LogP contribution in [0.15, 0.2) is 50.8 Å². The number of rotatable bonds is 3. The summed E-state index contributed by atoms with van der Waals surface area (Å²) in [6.45, 7) is 0. The van der Waals surface area contributed by atoms with Crippen molar-refractivity contribution in [3.05, 3.63) is 67.9 Å². The van der Waals surface area contributed by atoms with E-state index in [1.165, 1.54) is 13.7 Å². The van der Waals surface area contributed by atoms with Gasteiger partial charge in [-0.25, -0.2) is 28.1 Å².